The summed E-state index contributed by atoms with van der Waals surface area (Å²) in [6.07, 6.45) is 3.59. The van der Waals surface area contributed by atoms with Crippen molar-refractivity contribution in [3.05, 3.63) is 0 Å². The quantitative estimate of drug-likeness (QED) is 0.319. The van der Waals surface area contributed by atoms with Crippen molar-refractivity contribution in [1.82, 2.24) is 16.0 Å². The van der Waals surface area contributed by atoms with E-state index < -0.39 is 0 Å². The summed E-state index contributed by atoms with van der Waals surface area (Å²) in [4.78, 5) is 22.6. The second-order valence-electron chi connectivity index (χ2n) is 4.94. The maximum atomic E-state index is 11.4. The Hall–Kier alpha value is -0.560. The number of urea groups is 1. The van der Waals surface area contributed by atoms with E-state index in [-0.39, 0.29) is 18.0 Å². The molecule has 0 aromatic carbocycles. The van der Waals surface area contributed by atoms with Crippen molar-refractivity contribution >= 4 is 36.3 Å². The second-order valence-corrected chi connectivity index (χ2v) is 6.66. The van der Waals surface area contributed by atoms with Crippen molar-refractivity contribution in [2.75, 3.05) is 18.1 Å². The normalized spacial score (nSPS) is 28.7. The zero-order valence-electron chi connectivity index (χ0n) is 10.9. The van der Waals surface area contributed by atoms with E-state index in [0.29, 0.717) is 30.0 Å². The van der Waals surface area contributed by atoms with Gasteiger partial charge in [0.1, 0.15) is 0 Å². The molecular formula is C12H21N3O2S2. The fourth-order valence-electron chi connectivity index (χ4n) is 2.56. The Kier molecular flexibility index (Phi) is 5.69. The predicted octanol–water partition coefficient (Wildman–Crippen LogP) is 0.758. The highest BCUT2D eigenvalue weighted by Crippen LogP contribution is 2.33. The lowest BCUT2D eigenvalue weighted by Gasteiger charge is -2.16. The Morgan fingerprint density at radius 3 is 3.05 bits per heavy atom. The Morgan fingerprint density at radius 2 is 2.26 bits per heavy atom. The van der Waals surface area contributed by atoms with Gasteiger partial charge in [0.15, 0.2) is 0 Å². The molecule has 0 saturated carbocycles. The van der Waals surface area contributed by atoms with Gasteiger partial charge in [-0.3, -0.25) is 4.79 Å². The Balaban J connectivity index is 1.59. The van der Waals surface area contributed by atoms with E-state index in [9.17, 15) is 9.59 Å². The third-order valence-electron chi connectivity index (χ3n) is 3.51. The first kappa shape index (κ1) is 14.8. The predicted molar refractivity (Wildman–Crippen MR) is 80.8 cm³/mol. The molecule has 7 heteroatoms. The lowest BCUT2D eigenvalue weighted by Crippen LogP contribution is -2.36. The molecule has 19 heavy (non-hydrogen) atoms. The Morgan fingerprint density at radius 1 is 1.42 bits per heavy atom. The lowest BCUT2D eigenvalue weighted by molar-refractivity contribution is -0.121. The number of amides is 3. The molecule has 2 rings (SSSR count). The van der Waals surface area contributed by atoms with Crippen LogP contribution in [0.1, 0.15) is 25.7 Å². The zero-order chi connectivity index (χ0) is 13.7. The number of nitrogens with one attached hydrogen (secondary N) is 3. The van der Waals surface area contributed by atoms with Crippen molar-refractivity contribution < 1.29 is 9.59 Å². The van der Waals surface area contributed by atoms with Crippen molar-refractivity contribution in [2.24, 2.45) is 0 Å². The van der Waals surface area contributed by atoms with Crippen molar-refractivity contribution in [1.29, 1.82) is 0 Å². The molecule has 3 N–H and O–H groups in total. The molecule has 3 amide bonds. The number of rotatable bonds is 7. The van der Waals surface area contributed by atoms with Crippen LogP contribution in [-0.4, -0.2) is 47.3 Å². The molecule has 5 nitrogen and oxygen atoms in total. The number of thioether (sulfide) groups is 1. The van der Waals surface area contributed by atoms with Crippen LogP contribution in [0.25, 0.3) is 0 Å². The van der Waals surface area contributed by atoms with Crippen LogP contribution in [0.5, 0.6) is 0 Å². The minimum atomic E-state index is -0.0357. The van der Waals surface area contributed by atoms with Crippen molar-refractivity contribution in [2.45, 2.75) is 43.0 Å². The van der Waals surface area contributed by atoms with Gasteiger partial charge in [0.2, 0.25) is 5.91 Å². The van der Waals surface area contributed by atoms with Crippen LogP contribution in [0, 0.1) is 0 Å². The molecule has 0 bridgehead atoms. The fraction of sp³-hybridized carbons (Fsp3) is 0.833. The van der Waals surface area contributed by atoms with Crippen LogP contribution in [0.3, 0.4) is 0 Å². The van der Waals surface area contributed by atoms with E-state index >= 15 is 0 Å². The third kappa shape index (κ3) is 4.21. The van der Waals surface area contributed by atoms with Gasteiger partial charge in [0, 0.05) is 29.7 Å². The minimum Gasteiger partial charge on any atom is -0.355 e. The number of fused-ring (bicyclic) bond motifs is 1. The van der Waals surface area contributed by atoms with Gasteiger partial charge in [0.25, 0.3) is 0 Å². The summed E-state index contributed by atoms with van der Waals surface area (Å²) in [6, 6.07) is 0.531. The first-order valence-electron chi connectivity index (χ1n) is 6.77. The largest absolute Gasteiger partial charge is 0.355 e. The van der Waals surface area contributed by atoms with Crippen LogP contribution < -0.4 is 16.0 Å². The minimum absolute atomic E-state index is 0.0357. The molecular weight excluding hydrogens is 282 g/mol. The number of hydrogen-bond acceptors (Lipinski definition) is 4. The van der Waals surface area contributed by atoms with E-state index in [2.05, 4.69) is 28.6 Å². The highest BCUT2D eigenvalue weighted by atomic mass is 32.2. The van der Waals surface area contributed by atoms with E-state index in [4.69, 9.17) is 0 Å². The van der Waals surface area contributed by atoms with Gasteiger partial charge in [-0.1, -0.05) is 6.42 Å². The number of unbranched alkanes of at least 4 members (excludes halogenated alkanes) is 1. The number of carbonyl (C=O) groups excluding carboxylic acids is 2. The van der Waals surface area contributed by atoms with Crippen LogP contribution >= 0.6 is 24.4 Å². The van der Waals surface area contributed by atoms with Gasteiger partial charge in [-0.25, -0.2) is 4.79 Å². The SMILES string of the molecule is O=C(CCCC[C@@H]1SC[C@@H]2NC(=O)N[C@@H]21)NCCS. The summed E-state index contributed by atoms with van der Waals surface area (Å²) in [5.41, 5.74) is 0. The van der Waals surface area contributed by atoms with Gasteiger partial charge < -0.3 is 16.0 Å². The topological polar surface area (TPSA) is 70.2 Å². The Labute approximate surface area is 123 Å². The van der Waals surface area contributed by atoms with Crippen molar-refractivity contribution in [3.8, 4) is 0 Å². The number of carbonyl (C=O) groups is 2. The molecule has 0 spiro atoms. The molecule has 0 aliphatic carbocycles. The molecule has 0 radical (unpaired) electrons. The van der Waals surface area contributed by atoms with Gasteiger partial charge in [-0.05, 0) is 12.8 Å². The molecule has 2 heterocycles. The fourth-order valence-corrected chi connectivity index (χ4v) is 4.21. The summed E-state index contributed by atoms with van der Waals surface area (Å²) >= 11 is 5.97. The third-order valence-corrected chi connectivity index (χ3v) is 5.25. The molecule has 0 unspecified atom stereocenters. The van der Waals surface area contributed by atoms with Crippen LogP contribution in [0.2, 0.25) is 0 Å². The van der Waals surface area contributed by atoms with Crippen molar-refractivity contribution in [3.63, 3.8) is 0 Å². The summed E-state index contributed by atoms with van der Waals surface area (Å²) < 4.78 is 0. The van der Waals surface area contributed by atoms with Crippen LogP contribution in [-0.2, 0) is 4.79 Å². The van der Waals surface area contributed by atoms with Crippen LogP contribution in [0.4, 0.5) is 4.79 Å². The smallest absolute Gasteiger partial charge is 0.315 e. The zero-order valence-corrected chi connectivity index (χ0v) is 12.6. The molecule has 0 aromatic rings. The summed E-state index contributed by atoms with van der Waals surface area (Å²) in [6.45, 7) is 0.641. The van der Waals surface area contributed by atoms with Gasteiger partial charge in [-0.15, -0.1) is 0 Å². The average molecular weight is 303 g/mol. The van der Waals surface area contributed by atoms with Gasteiger partial charge >= 0.3 is 6.03 Å². The summed E-state index contributed by atoms with van der Waals surface area (Å²) in [7, 11) is 0. The Bertz CT molecular complexity index is 341. The molecule has 108 valence electrons. The lowest BCUT2D eigenvalue weighted by atomic mass is 10.0. The maximum Gasteiger partial charge on any atom is 0.315 e. The van der Waals surface area contributed by atoms with Gasteiger partial charge in [0.05, 0.1) is 12.1 Å². The molecule has 2 fully saturated rings. The molecule has 3 atom stereocenters. The first-order chi connectivity index (χ1) is 9.20. The molecule has 2 aliphatic rings. The van der Waals surface area contributed by atoms with E-state index in [0.717, 1.165) is 25.0 Å². The standard InChI is InChI=1S/C12H21N3O2S2/c16-10(13-5-6-18)4-2-1-3-9-11-8(7-19-9)14-12(17)15-11/h8-9,11,18H,1-7H2,(H,13,16)(H2,14,15,17)/t8-,9-,11-/m0/s1. The summed E-state index contributed by atoms with van der Waals surface area (Å²) in [5.74, 6) is 1.79. The highest BCUT2D eigenvalue weighted by Gasteiger charge is 2.42. The average Bonchev–Trinajstić information content (AvgIpc) is 2.92. The molecule has 0 aromatic heterocycles. The van der Waals surface area contributed by atoms with Gasteiger partial charge in [-0.2, -0.15) is 24.4 Å². The van der Waals surface area contributed by atoms with E-state index in [1.165, 1.54) is 0 Å². The van der Waals surface area contributed by atoms with E-state index in [1.807, 2.05) is 11.8 Å². The maximum absolute atomic E-state index is 11.4. The molecule has 2 saturated heterocycles. The summed E-state index contributed by atoms with van der Waals surface area (Å²) in [5, 5.41) is 9.23. The monoisotopic (exact) mass is 303 g/mol. The molecule has 2 aliphatic heterocycles. The second kappa shape index (κ2) is 7.28. The number of hydrogen-bond donors (Lipinski definition) is 4. The first-order valence-corrected chi connectivity index (χ1v) is 8.45. The highest BCUT2D eigenvalue weighted by molar-refractivity contribution is 8.00. The van der Waals surface area contributed by atoms with Crippen LogP contribution in [0.15, 0.2) is 0 Å². The van der Waals surface area contributed by atoms with E-state index in [1.54, 1.807) is 0 Å². The number of thiol groups is 1.